The number of aromatic nitrogens is 1. The van der Waals surface area contributed by atoms with Crippen LogP contribution in [-0.2, 0) is 14.3 Å². The molecule has 1 fully saturated rings. The highest BCUT2D eigenvalue weighted by Crippen LogP contribution is 2.40. The first-order valence-corrected chi connectivity index (χ1v) is 12.6. The second-order valence-corrected chi connectivity index (χ2v) is 10.3. The molecule has 0 amide bonds. The average Bonchev–Trinajstić information content (AvgIpc) is 3.45. The number of hydrogen-bond acceptors (Lipinski definition) is 8. The number of likely N-dealkylation sites (tertiary alicyclic amines) is 1. The summed E-state index contributed by atoms with van der Waals surface area (Å²) in [6.45, 7) is 0.849. The molecular weight excluding hydrogens is 533 g/mol. The molecule has 4 rings (SSSR count). The molecule has 8 nitrogen and oxygen atoms in total. The molecule has 1 saturated heterocycles. The topological polar surface area (TPSA) is 104 Å². The molecule has 0 radical (unpaired) electrons. The van der Waals surface area contributed by atoms with Gasteiger partial charge in [-0.2, -0.15) is 0 Å². The third-order valence-electron chi connectivity index (χ3n) is 6.35. The highest BCUT2D eigenvalue weighted by molar-refractivity contribution is 7.11. The van der Waals surface area contributed by atoms with Crippen molar-refractivity contribution in [3.8, 4) is 0 Å². The highest BCUT2D eigenvalue weighted by Gasteiger charge is 2.48. The predicted octanol–water partition coefficient (Wildman–Crippen LogP) is 4.27. The van der Waals surface area contributed by atoms with E-state index in [1.807, 2.05) is 0 Å². The Balaban J connectivity index is 1.80. The number of methoxy groups -OCH3 is 1. The summed E-state index contributed by atoms with van der Waals surface area (Å²) in [6, 6.07) is 1.89. The Morgan fingerprint density at radius 3 is 2.78 bits per heavy atom. The first-order chi connectivity index (χ1) is 17.5. The van der Waals surface area contributed by atoms with Gasteiger partial charge in [-0.3, -0.25) is 14.7 Å². The van der Waals surface area contributed by atoms with Gasteiger partial charge in [-0.05, 0) is 18.1 Å². The van der Waals surface area contributed by atoms with Crippen LogP contribution in [0.1, 0.15) is 36.4 Å². The van der Waals surface area contributed by atoms with Gasteiger partial charge in [0.1, 0.15) is 11.9 Å². The maximum atomic E-state index is 14.5. The summed E-state index contributed by atoms with van der Waals surface area (Å²) in [4.78, 5) is 34.7. The molecule has 0 saturated carbocycles. The number of carbonyl (C=O) groups excluding carboxylic acids is 1. The summed E-state index contributed by atoms with van der Waals surface area (Å²) in [5.74, 6) is -5.77. The standard InChI is InChI=1S/C24H24ClF3N4O4S/c1-12(7-18(33)34)17-9-24(27,28)11-32(17)10-16-19(23(35)36-2)20(14-4-3-13(26)8-15(14)25)31-21(30-16)22-29-5-6-37-22/h3-6,8,12,17,20H,7,9-11H2,1-2H3,(H,30,31)(H,33,34)/t12?,17-,20-/m0/s1. The molecule has 1 unspecified atom stereocenters. The summed E-state index contributed by atoms with van der Waals surface area (Å²) in [5, 5.41) is 14.5. The number of ether oxygens (including phenoxy) is 1. The first-order valence-electron chi connectivity index (χ1n) is 11.3. The monoisotopic (exact) mass is 556 g/mol. The van der Waals surface area contributed by atoms with Gasteiger partial charge in [-0.15, -0.1) is 11.3 Å². The Morgan fingerprint density at radius 1 is 1.41 bits per heavy atom. The summed E-state index contributed by atoms with van der Waals surface area (Å²) in [5.41, 5.74) is 0.581. The summed E-state index contributed by atoms with van der Waals surface area (Å²) >= 11 is 7.61. The number of nitrogens with zero attached hydrogens (tertiary/aromatic N) is 3. The van der Waals surface area contributed by atoms with Crippen molar-refractivity contribution in [1.29, 1.82) is 0 Å². The molecule has 0 aliphatic carbocycles. The first kappa shape index (κ1) is 27.1. The number of rotatable bonds is 8. The number of halogens is 4. The largest absolute Gasteiger partial charge is 0.481 e. The predicted molar refractivity (Wildman–Crippen MR) is 131 cm³/mol. The van der Waals surface area contributed by atoms with E-state index < -0.39 is 54.6 Å². The Bertz CT molecular complexity index is 1250. The van der Waals surface area contributed by atoms with E-state index in [9.17, 15) is 27.9 Å². The molecule has 2 aliphatic heterocycles. The van der Waals surface area contributed by atoms with Crippen LogP contribution in [0.5, 0.6) is 0 Å². The summed E-state index contributed by atoms with van der Waals surface area (Å²) < 4.78 is 47.9. The molecule has 13 heteroatoms. The van der Waals surface area contributed by atoms with Gasteiger partial charge >= 0.3 is 11.9 Å². The number of aliphatic imine (C=N–C) groups is 1. The summed E-state index contributed by atoms with van der Waals surface area (Å²) in [7, 11) is 1.18. The quantitative estimate of drug-likeness (QED) is 0.468. The second-order valence-electron chi connectivity index (χ2n) is 9.00. The van der Waals surface area contributed by atoms with E-state index in [0.29, 0.717) is 10.6 Å². The molecule has 198 valence electrons. The van der Waals surface area contributed by atoms with Crippen LogP contribution in [0.15, 0.2) is 46.0 Å². The lowest BCUT2D eigenvalue weighted by molar-refractivity contribution is -0.138. The number of esters is 1. The maximum Gasteiger partial charge on any atom is 0.338 e. The molecule has 2 aromatic rings. The molecule has 3 heterocycles. The molecule has 0 bridgehead atoms. The Labute approximate surface area is 219 Å². The van der Waals surface area contributed by atoms with Crippen LogP contribution in [0.2, 0.25) is 5.02 Å². The number of carbonyl (C=O) groups is 2. The molecule has 1 aromatic carbocycles. The number of thiazole rings is 1. The molecule has 2 N–H and O–H groups in total. The number of carboxylic acids is 1. The van der Waals surface area contributed by atoms with Crippen molar-refractivity contribution in [3.63, 3.8) is 0 Å². The summed E-state index contributed by atoms with van der Waals surface area (Å²) in [6.07, 6.45) is 0.768. The number of benzene rings is 1. The van der Waals surface area contributed by atoms with Crippen molar-refractivity contribution in [2.75, 3.05) is 20.2 Å². The van der Waals surface area contributed by atoms with Gasteiger partial charge < -0.3 is 15.2 Å². The van der Waals surface area contributed by atoms with Crippen LogP contribution in [0.3, 0.4) is 0 Å². The SMILES string of the molecule is COC(=O)C1=C(CN2CC(F)(F)C[C@H]2C(C)CC(=O)O)NC(c2nccs2)=N[C@H]1c1ccc(F)cc1Cl. The van der Waals surface area contributed by atoms with Gasteiger partial charge in [-0.1, -0.05) is 24.6 Å². The normalized spacial score (nSPS) is 22.4. The van der Waals surface area contributed by atoms with Gasteiger partial charge in [0.15, 0.2) is 10.8 Å². The van der Waals surface area contributed by atoms with E-state index in [2.05, 4.69) is 15.3 Å². The van der Waals surface area contributed by atoms with Crippen molar-refractivity contribution in [2.24, 2.45) is 10.9 Å². The lowest BCUT2D eigenvalue weighted by Crippen LogP contribution is -2.43. The lowest BCUT2D eigenvalue weighted by atomic mass is 9.93. The number of amidine groups is 1. The molecule has 1 aromatic heterocycles. The fraction of sp³-hybridized carbons (Fsp3) is 0.417. The Kier molecular flexibility index (Phi) is 7.91. The Hall–Kier alpha value is -2.96. The van der Waals surface area contributed by atoms with Crippen LogP contribution < -0.4 is 5.32 Å². The van der Waals surface area contributed by atoms with Crippen LogP contribution >= 0.6 is 22.9 Å². The maximum absolute atomic E-state index is 14.5. The van der Waals surface area contributed by atoms with Crippen molar-refractivity contribution in [3.05, 3.63) is 62.5 Å². The Morgan fingerprint density at radius 2 is 2.16 bits per heavy atom. The molecule has 0 spiro atoms. The van der Waals surface area contributed by atoms with E-state index >= 15 is 0 Å². The fourth-order valence-electron chi connectivity index (χ4n) is 4.73. The zero-order chi connectivity index (χ0) is 26.9. The van der Waals surface area contributed by atoms with Gasteiger partial charge in [0, 0.05) is 53.3 Å². The van der Waals surface area contributed by atoms with Gasteiger partial charge in [0.2, 0.25) is 0 Å². The van der Waals surface area contributed by atoms with Crippen molar-refractivity contribution >= 4 is 40.7 Å². The minimum absolute atomic E-state index is 0.0237. The van der Waals surface area contributed by atoms with E-state index in [1.165, 1.54) is 35.5 Å². The number of aliphatic carboxylic acids is 1. The zero-order valence-corrected chi connectivity index (χ0v) is 21.5. The number of alkyl halides is 2. The second kappa shape index (κ2) is 10.8. The molecule has 2 aliphatic rings. The molecule has 37 heavy (non-hydrogen) atoms. The third-order valence-corrected chi connectivity index (χ3v) is 7.46. The van der Waals surface area contributed by atoms with Crippen molar-refractivity contribution in [1.82, 2.24) is 15.2 Å². The highest BCUT2D eigenvalue weighted by atomic mass is 35.5. The van der Waals surface area contributed by atoms with Crippen LogP contribution in [0, 0.1) is 11.7 Å². The molecular formula is C24H24ClF3N4O4S. The van der Waals surface area contributed by atoms with Crippen LogP contribution in [0.25, 0.3) is 0 Å². The number of carboxylic acid groups (broad SMARTS) is 1. The number of nitrogens with one attached hydrogen (secondary N) is 1. The minimum atomic E-state index is -3.04. The van der Waals surface area contributed by atoms with Crippen molar-refractivity contribution in [2.45, 2.75) is 37.8 Å². The smallest absolute Gasteiger partial charge is 0.338 e. The fourth-order valence-corrected chi connectivity index (χ4v) is 5.59. The van der Waals surface area contributed by atoms with Gasteiger partial charge in [0.05, 0.1) is 19.2 Å². The van der Waals surface area contributed by atoms with Crippen LogP contribution in [-0.4, -0.2) is 64.9 Å². The van der Waals surface area contributed by atoms with Crippen LogP contribution in [0.4, 0.5) is 13.2 Å². The van der Waals surface area contributed by atoms with E-state index in [4.69, 9.17) is 16.3 Å². The van der Waals surface area contributed by atoms with E-state index in [1.54, 1.807) is 18.5 Å². The number of hydrogen-bond donors (Lipinski definition) is 2. The van der Waals surface area contributed by atoms with Gasteiger partial charge in [0.25, 0.3) is 5.92 Å². The van der Waals surface area contributed by atoms with Gasteiger partial charge in [-0.25, -0.2) is 22.9 Å². The van der Waals surface area contributed by atoms with E-state index in [0.717, 1.165) is 6.07 Å². The van der Waals surface area contributed by atoms with E-state index in [-0.39, 0.29) is 35.1 Å². The minimum Gasteiger partial charge on any atom is -0.481 e. The zero-order valence-electron chi connectivity index (χ0n) is 19.9. The average molecular weight is 557 g/mol. The lowest BCUT2D eigenvalue weighted by Gasteiger charge is -2.32. The molecule has 3 atom stereocenters. The third kappa shape index (κ3) is 5.97. The van der Waals surface area contributed by atoms with Crippen molar-refractivity contribution < 1.29 is 32.6 Å².